The van der Waals surface area contributed by atoms with E-state index in [-0.39, 0.29) is 6.23 Å². The van der Waals surface area contributed by atoms with E-state index in [0.717, 1.165) is 30.3 Å². The van der Waals surface area contributed by atoms with E-state index in [9.17, 15) is 0 Å². The third kappa shape index (κ3) is 4.45. The largest absolute Gasteiger partial charge is 0.473 e. The Labute approximate surface area is 129 Å². The summed E-state index contributed by atoms with van der Waals surface area (Å²) in [4.78, 5) is 2.40. The van der Waals surface area contributed by atoms with Crippen molar-refractivity contribution in [3.05, 3.63) is 28.2 Å². The Morgan fingerprint density at radius 2 is 2.05 bits per heavy atom. The lowest BCUT2D eigenvalue weighted by Gasteiger charge is -2.28. The van der Waals surface area contributed by atoms with Crippen molar-refractivity contribution in [1.29, 1.82) is 0 Å². The summed E-state index contributed by atoms with van der Waals surface area (Å²) in [7, 11) is 0. The molecule has 1 aliphatic heterocycles. The molecule has 19 heavy (non-hydrogen) atoms. The number of hydrogen-bond donors (Lipinski definition) is 0. The molecule has 0 aromatic heterocycles. The summed E-state index contributed by atoms with van der Waals surface area (Å²) in [5.41, 5.74) is 0. The molecule has 0 N–H and O–H groups in total. The van der Waals surface area contributed by atoms with Gasteiger partial charge in [-0.1, -0.05) is 30.1 Å². The summed E-state index contributed by atoms with van der Waals surface area (Å²) in [6.45, 7) is 4.39. The van der Waals surface area contributed by atoms with Gasteiger partial charge >= 0.3 is 0 Å². The van der Waals surface area contributed by atoms with Gasteiger partial charge in [-0.25, -0.2) is 0 Å². The van der Waals surface area contributed by atoms with Crippen LogP contribution in [-0.4, -0.2) is 35.7 Å². The molecule has 1 atom stereocenters. The molecule has 1 aliphatic rings. The molecule has 0 saturated carbocycles. The quantitative estimate of drug-likeness (QED) is 0.763. The maximum absolute atomic E-state index is 6.18. The summed E-state index contributed by atoms with van der Waals surface area (Å²) in [5.74, 6) is 2.79. The zero-order valence-corrected chi connectivity index (χ0v) is 13.4. The predicted molar refractivity (Wildman–Crippen MR) is 84.7 cm³/mol. The molecule has 1 aromatic rings. The molecule has 0 aliphatic carbocycles. The zero-order chi connectivity index (χ0) is 13.7. The maximum Gasteiger partial charge on any atom is 0.161 e. The van der Waals surface area contributed by atoms with Crippen LogP contribution in [0.15, 0.2) is 18.2 Å². The van der Waals surface area contributed by atoms with Crippen molar-refractivity contribution in [2.24, 2.45) is 0 Å². The van der Waals surface area contributed by atoms with Crippen LogP contribution in [0.4, 0.5) is 0 Å². The second-order valence-electron chi connectivity index (χ2n) is 4.55. The van der Waals surface area contributed by atoms with Crippen molar-refractivity contribution in [2.75, 3.05) is 24.6 Å². The molecule has 1 saturated heterocycles. The fourth-order valence-corrected chi connectivity index (χ4v) is 3.35. The van der Waals surface area contributed by atoms with Crippen molar-refractivity contribution < 1.29 is 4.74 Å². The van der Waals surface area contributed by atoms with Gasteiger partial charge in [-0.05, 0) is 36.8 Å². The van der Waals surface area contributed by atoms with Crippen molar-refractivity contribution in [3.63, 3.8) is 0 Å². The SMILES string of the molecule is CCSCC(Oc1ccc(Cl)cc1Cl)N1CCCC1. The van der Waals surface area contributed by atoms with Crippen LogP contribution in [-0.2, 0) is 0 Å². The second kappa shape index (κ2) is 7.63. The van der Waals surface area contributed by atoms with E-state index in [1.807, 2.05) is 23.9 Å². The highest BCUT2D eigenvalue weighted by molar-refractivity contribution is 7.99. The molecule has 0 radical (unpaired) electrons. The summed E-state index contributed by atoms with van der Waals surface area (Å²) in [5, 5.41) is 1.22. The molecule has 106 valence electrons. The van der Waals surface area contributed by atoms with E-state index in [1.165, 1.54) is 12.8 Å². The van der Waals surface area contributed by atoms with Gasteiger partial charge in [0.25, 0.3) is 0 Å². The number of rotatable bonds is 6. The van der Waals surface area contributed by atoms with Crippen LogP contribution in [0.3, 0.4) is 0 Å². The number of halogens is 2. The highest BCUT2D eigenvalue weighted by atomic mass is 35.5. The zero-order valence-electron chi connectivity index (χ0n) is 11.1. The van der Waals surface area contributed by atoms with Gasteiger partial charge in [0.2, 0.25) is 0 Å². The van der Waals surface area contributed by atoms with Crippen molar-refractivity contribution >= 4 is 35.0 Å². The van der Waals surface area contributed by atoms with Crippen LogP contribution in [0, 0.1) is 0 Å². The first-order chi connectivity index (χ1) is 9.20. The lowest BCUT2D eigenvalue weighted by Crippen LogP contribution is -2.39. The summed E-state index contributed by atoms with van der Waals surface area (Å²) >= 11 is 14.0. The highest BCUT2D eigenvalue weighted by Gasteiger charge is 2.23. The molecule has 5 heteroatoms. The molecule has 1 unspecified atom stereocenters. The Balaban J connectivity index is 2.05. The Morgan fingerprint density at radius 1 is 1.32 bits per heavy atom. The second-order valence-corrected chi connectivity index (χ2v) is 6.71. The first kappa shape index (κ1) is 15.3. The van der Waals surface area contributed by atoms with Crippen LogP contribution in [0.2, 0.25) is 10.0 Å². The minimum atomic E-state index is 0.103. The molecular weight excluding hydrogens is 301 g/mol. The van der Waals surface area contributed by atoms with Crippen molar-refractivity contribution in [1.82, 2.24) is 4.90 Å². The van der Waals surface area contributed by atoms with Gasteiger partial charge < -0.3 is 4.74 Å². The summed E-state index contributed by atoms with van der Waals surface area (Å²) in [6, 6.07) is 5.40. The Bertz CT molecular complexity index is 410. The first-order valence-corrected chi connectivity index (χ1v) is 8.55. The minimum Gasteiger partial charge on any atom is -0.473 e. The minimum absolute atomic E-state index is 0.103. The van der Waals surface area contributed by atoms with Gasteiger partial charge in [-0.3, -0.25) is 4.90 Å². The Morgan fingerprint density at radius 3 is 2.68 bits per heavy atom. The number of likely N-dealkylation sites (tertiary alicyclic amines) is 1. The predicted octanol–water partition coefficient (Wildman–Crippen LogP) is 4.55. The standard InChI is InChI=1S/C14H19Cl2NOS/c1-2-19-10-14(17-7-3-4-8-17)18-13-6-5-11(15)9-12(13)16/h5-6,9,14H,2-4,7-8,10H2,1H3. The molecule has 2 nitrogen and oxygen atoms in total. The smallest absolute Gasteiger partial charge is 0.161 e. The summed E-state index contributed by atoms with van der Waals surface area (Å²) in [6.07, 6.45) is 2.61. The van der Waals surface area contributed by atoms with E-state index < -0.39 is 0 Å². The topological polar surface area (TPSA) is 12.5 Å². The fraction of sp³-hybridized carbons (Fsp3) is 0.571. The van der Waals surface area contributed by atoms with E-state index >= 15 is 0 Å². The van der Waals surface area contributed by atoms with E-state index in [0.29, 0.717) is 10.0 Å². The van der Waals surface area contributed by atoms with Crippen LogP contribution in [0.25, 0.3) is 0 Å². The molecule has 0 amide bonds. The van der Waals surface area contributed by atoms with E-state index in [1.54, 1.807) is 6.07 Å². The van der Waals surface area contributed by atoms with Crippen molar-refractivity contribution in [2.45, 2.75) is 26.0 Å². The molecule has 0 spiro atoms. The molecule has 1 fully saturated rings. The molecular formula is C14H19Cl2NOS. The van der Waals surface area contributed by atoms with Crippen LogP contribution in [0.5, 0.6) is 5.75 Å². The molecule has 1 heterocycles. The third-order valence-electron chi connectivity index (χ3n) is 3.17. The van der Waals surface area contributed by atoms with Gasteiger partial charge in [0.05, 0.1) is 5.02 Å². The number of nitrogens with zero attached hydrogens (tertiary/aromatic N) is 1. The Kier molecular flexibility index (Phi) is 6.14. The van der Waals surface area contributed by atoms with Gasteiger partial charge in [-0.15, -0.1) is 0 Å². The van der Waals surface area contributed by atoms with Gasteiger partial charge in [0, 0.05) is 23.9 Å². The molecule has 2 rings (SSSR count). The van der Waals surface area contributed by atoms with Gasteiger partial charge in [0.1, 0.15) is 5.75 Å². The van der Waals surface area contributed by atoms with Crippen LogP contribution < -0.4 is 4.74 Å². The Hall–Kier alpha value is -0.0900. The monoisotopic (exact) mass is 319 g/mol. The van der Waals surface area contributed by atoms with E-state index in [4.69, 9.17) is 27.9 Å². The number of benzene rings is 1. The lowest BCUT2D eigenvalue weighted by atomic mass is 10.3. The fourth-order valence-electron chi connectivity index (χ4n) is 2.18. The first-order valence-electron chi connectivity index (χ1n) is 6.64. The average Bonchev–Trinajstić information content (AvgIpc) is 2.90. The highest BCUT2D eigenvalue weighted by Crippen LogP contribution is 2.30. The van der Waals surface area contributed by atoms with Gasteiger partial charge in [-0.2, -0.15) is 11.8 Å². The molecule has 1 aromatic carbocycles. The van der Waals surface area contributed by atoms with Crippen molar-refractivity contribution in [3.8, 4) is 5.75 Å². The van der Waals surface area contributed by atoms with Gasteiger partial charge in [0.15, 0.2) is 6.23 Å². The third-order valence-corrected chi connectivity index (χ3v) is 4.63. The number of thioether (sulfide) groups is 1. The average molecular weight is 320 g/mol. The summed E-state index contributed by atoms with van der Waals surface area (Å²) < 4.78 is 6.10. The van der Waals surface area contributed by atoms with Crippen LogP contribution in [0.1, 0.15) is 19.8 Å². The lowest BCUT2D eigenvalue weighted by molar-refractivity contribution is 0.0633. The molecule has 0 bridgehead atoms. The van der Waals surface area contributed by atoms with E-state index in [2.05, 4.69) is 11.8 Å². The van der Waals surface area contributed by atoms with Crippen LogP contribution >= 0.6 is 35.0 Å². The normalized spacial score (nSPS) is 17.6. The maximum atomic E-state index is 6.18. The number of ether oxygens (including phenoxy) is 1. The number of hydrogen-bond acceptors (Lipinski definition) is 3.